The maximum Gasteiger partial charge on any atom is 0.312 e. The van der Waals surface area contributed by atoms with E-state index in [2.05, 4.69) is 25.9 Å². The topological polar surface area (TPSA) is 58.6 Å². The number of hydrogen-bond donors (Lipinski definition) is 1. The lowest BCUT2D eigenvalue weighted by atomic mass is 10.2. The van der Waals surface area contributed by atoms with Gasteiger partial charge in [-0.1, -0.05) is 33.6 Å². The summed E-state index contributed by atoms with van der Waals surface area (Å²) in [6.45, 7) is 2.02. The third kappa shape index (κ3) is 3.26. The molecule has 5 heteroatoms. The van der Waals surface area contributed by atoms with Crippen LogP contribution in [-0.2, 0) is 0 Å². The first kappa shape index (κ1) is 14.5. The Morgan fingerprint density at radius 2 is 1.77 bits per heavy atom. The second-order valence-electron chi connectivity index (χ2n) is 4.81. The van der Waals surface area contributed by atoms with E-state index in [1.54, 1.807) is 0 Å². The zero-order valence-corrected chi connectivity index (χ0v) is 13.4. The second kappa shape index (κ2) is 6.15. The van der Waals surface area contributed by atoms with Gasteiger partial charge in [-0.15, -0.1) is 0 Å². The Morgan fingerprint density at radius 1 is 1.09 bits per heavy atom. The van der Waals surface area contributed by atoms with Crippen LogP contribution in [0.15, 0.2) is 62.4 Å². The van der Waals surface area contributed by atoms with Gasteiger partial charge in [0.1, 0.15) is 0 Å². The quantitative estimate of drug-likeness (QED) is 0.681. The number of aliphatic imine (C=N–C) groups is 1. The van der Waals surface area contributed by atoms with Crippen LogP contribution >= 0.6 is 15.9 Å². The van der Waals surface area contributed by atoms with Crippen LogP contribution in [0.5, 0.6) is 5.95 Å². The highest BCUT2D eigenvalue weighted by molar-refractivity contribution is 9.10. The SMILES string of the molecule is Cc1ccc(N=Cc2nc(-c3ccc(Br)cc3)oc2O)cc1. The van der Waals surface area contributed by atoms with Gasteiger partial charge in [0.2, 0.25) is 5.89 Å². The maximum absolute atomic E-state index is 9.84. The molecule has 0 radical (unpaired) electrons. The van der Waals surface area contributed by atoms with Gasteiger partial charge in [0.25, 0.3) is 0 Å². The van der Waals surface area contributed by atoms with E-state index in [9.17, 15) is 5.11 Å². The number of aromatic hydroxyl groups is 1. The van der Waals surface area contributed by atoms with Gasteiger partial charge in [0.15, 0.2) is 5.69 Å². The molecule has 0 saturated heterocycles. The molecule has 110 valence electrons. The van der Waals surface area contributed by atoms with Gasteiger partial charge in [-0.2, -0.15) is 0 Å². The molecule has 1 aromatic heterocycles. The summed E-state index contributed by atoms with van der Waals surface area (Å²) >= 11 is 3.37. The van der Waals surface area contributed by atoms with Crippen LogP contribution in [0.1, 0.15) is 11.3 Å². The smallest absolute Gasteiger partial charge is 0.312 e. The lowest BCUT2D eigenvalue weighted by Gasteiger charge is -1.94. The van der Waals surface area contributed by atoms with Crippen molar-refractivity contribution in [3.63, 3.8) is 0 Å². The minimum absolute atomic E-state index is 0.242. The summed E-state index contributed by atoms with van der Waals surface area (Å²) in [6, 6.07) is 15.2. The Kier molecular flexibility index (Phi) is 4.06. The zero-order chi connectivity index (χ0) is 15.5. The maximum atomic E-state index is 9.84. The highest BCUT2D eigenvalue weighted by Crippen LogP contribution is 2.27. The number of rotatable bonds is 3. The van der Waals surface area contributed by atoms with Crippen molar-refractivity contribution >= 4 is 27.8 Å². The number of nitrogens with zero attached hydrogens (tertiary/aromatic N) is 2. The van der Waals surface area contributed by atoms with Crippen molar-refractivity contribution in [2.45, 2.75) is 6.92 Å². The molecule has 0 unspecified atom stereocenters. The van der Waals surface area contributed by atoms with Gasteiger partial charge in [-0.05, 0) is 43.3 Å². The number of aryl methyl sites for hydroxylation is 1. The van der Waals surface area contributed by atoms with Crippen LogP contribution < -0.4 is 0 Å². The van der Waals surface area contributed by atoms with E-state index < -0.39 is 0 Å². The minimum atomic E-state index is -0.242. The first-order valence-electron chi connectivity index (χ1n) is 6.68. The van der Waals surface area contributed by atoms with Gasteiger partial charge in [0.05, 0.1) is 11.9 Å². The fraction of sp³-hybridized carbons (Fsp3) is 0.0588. The summed E-state index contributed by atoms with van der Waals surface area (Å²) in [5.41, 5.74) is 3.05. The van der Waals surface area contributed by atoms with Gasteiger partial charge in [-0.3, -0.25) is 4.99 Å². The number of benzene rings is 2. The molecule has 3 rings (SSSR count). The highest BCUT2D eigenvalue weighted by atomic mass is 79.9. The normalized spacial score (nSPS) is 11.2. The average molecular weight is 357 g/mol. The van der Waals surface area contributed by atoms with Crippen molar-refractivity contribution in [1.29, 1.82) is 0 Å². The largest absolute Gasteiger partial charge is 0.479 e. The van der Waals surface area contributed by atoms with E-state index >= 15 is 0 Å². The van der Waals surface area contributed by atoms with Crippen molar-refractivity contribution in [3.8, 4) is 17.4 Å². The molecule has 0 fully saturated rings. The van der Waals surface area contributed by atoms with Gasteiger partial charge >= 0.3 is 5.95 Å². The number of oxazole rings is 1. The Bertz CT molecular complexity index is 806. The minimum Gasteiger partial charge on any atom is -0.479 e. The molecule has 0 aliphatic carbocycles. The van der Waals surface area contributed by atoms with Crippen LogP contribution in [0.3, 0.4) is 0 Å². The van der Waals surface area contributed by atoms with Crippen molar-refractivity contribution in [2.24, 2.45) is 4.99 Å². The van der Waals surface area contributed by atoms with E-state index in [0.29, 0.717) is 11.6 Å². The lowest BCUT2D eigenvalue weighted by Crippen LogP contribution is -1.82. The molecule has 22 heavy (non-hydrogen) atoms. The van der Waals surface area contributed by atoms with Gasteiger partial charge < -0.3 is 9.52 Å². The van der Waals surface area contributed by atoms with Gasteiger partial charge in [0, 0.05) is 10.0 Å². The van der Waals surface area contributed by atoms with Gasteiger partial charge in [-0.25, -0.2) is 4.98 Å². The third-order valence-electron chi connectivity index (χ3n) is 3.10. The molecule has 0 spiro atoms. The Morgan fingerprint density at radius 3 is 2.45 bits per heavy atom. The predicted molar refractivity (Wildman–Crippen MR) is 89.7 cm³/mol. The monoisotopic (exact) mass is 356 g/mol. The van der Waals surface area contributed by atoms with E-state index in [4.69, 9.17) is 4.42 Å². The summed E-state index contributed by atoms with van der Waals surface area (Å²) in [5, 5.41) is 9.84. The van der Waals surface area contributed by atoms with E-state index in [0.717, 1.165) is 15.7 Å². The molecule has 4 nitrogen and oxygen atoms in total. The molecule has 0 amide bonds. The third-order valence-corrected chi connectivity index (χ3v) is 3.62. The van der Waals surface area contributed by atoms with Crippen LogP contribution in [0.25, 0.3) is 11.5 Å². The molecule has 0 aliphatic rings. The van der Waals surface area contributed by atoms with E-state index in [1.165, 1.54) is 11.8 Å². The Balaban J connectivity index is 1.86. The molecular weight excluding hydrogens is 344 g/mol. The second-order valence-corrected chi connectivity index (χ2v) is 5.73. The Hall–Kier alpha value is -2.40. The molecule has 0 saturated carbocycles. The zero-order valence-electron chi connectivity index (χ0n) is 11.8. The van der Waals surface area contributed by atoms with Crippen LogP contribution in [0.4, 0.5) is 5.69 Å². The fourth-order valence-electron chi connectivity index (χ4n) is 1.89. The summed E-state index contributed by atoms with van der Waals surface area (Å²) < 4.78 is 6.25. The molecule has 1 heterocycles. The highest BCUT2D eigenvalue weighted by Gasteiger charge is 2.12. The summed E-state index contributed by atoms with van der Waals surface area (Å²) in [7, 11) is 0. The number of aromatic nitrogens is 1. The number of halogens is 1. The van der Waals surface area contributed by atoms with Crippen molar-refractivity contribution < 1.29 is 9.52 Å². The molecule has 2 aromatic carbocycles. The molecular formula is C17H13BrN2O2. The van der Waals surface area contributed by atoms with E-state index in [1.807, 2.05) is 55.5 Å². The van der Waals surface area contributed by atoms with Crippen molar-refractivity contribution in [2.75, 3.05) is 0 Å². The molecule has 0 aliphatic heterocycles. The summed E-state index contributed by atoms with van der Waals surface area (Å²) in [4.78, 5) is 8.55. The number of hydrogen-bond acceptors (Lipinski definition) is 4. The van der Waals surface area contributed by atoms with Crippen LogP contribution in [0, 0.1) is 6.92 Å². The molecule has 0 bridgehead atoms. The first-order valence-corrected chi connectivity index (χ1v) is 7.47. The first-order chi connectivity index (χ1) is 10.6. The molecule has 0 atom stereocenters. The molecule has 1 N–H and O–H groups in total. The fourth-order valence-corrected chi connectivity index (χ4v) is 2.15. The standard InChI is InChI=1S/C17H13BrN2O2/c1-11-2-8-14(9-3-11)19-10-15-17(21)22-16(20-15)12-4-6-13(18)7-5-12/h2-10,21H,1H3. The summed E-state index contributed by atoms with van der Waals surface area (Å²) in [6.07, 6.45) is 1.49. The van der Waals surface area contributed by atoms with Crippen LogP contribution in [-0.4, -0.2) is 16.3 Å². The van der Waals surface area contributed by atoms with Crippen molar-refractivity contribution in [3.05, 3.63) is 64.3 Å². The average Bonchev–Trinajstić information content (AvgIpc) is 2.88. The summed E-state index contributed by atoms with van der Waals surface area (Å²) in [5.74, 6) is 0.115. The van der Waals surface area contributed by atoms with Crippen molar-refractivity contribution in [1.82, 2.24) is 4.98 Å². The van der Waals surface area contributed by atoms with E-state index in [-0.39, 0.29) is 5.95 Å². The Labute approximate surface area is 136 Å². The lowest BCUT2D eigenvalue weighted by molar-refractivity contribution is 0.337. The molecule has 3 aromatic rings. The predicted octanol–water partition coefficient (Wildman–Crippen LogP) is 4.87. The van der Waals surface area contributed by atoms with Crippen LogP contribution in [0.2, 0.25) is 0 Å².